The Bertz CT molecular complexity index is 346. The molecule has 5 heteroatoms. The fraction of sp³-hybridized carbons (Fsp3) is 0.462. The van der Waals surface area contributed by atoms with E-state index in [2.05, 4.69) is 5.32 Å². The summed E-state index contributed by atoms with van der Waals surface area (Å²) >= 11 is 0. The van der Waals surface area contributed by atoms with E-state index >= 15 is 0 Å². The van der Waals surface area contributed by atoms with Gasteiger partial charge in [-0.3, -0.25) is 4.79 Å². The molecule has 3 N–H and O–H groups in total. The first-order valence-electron chi connectivity index (χ1n) is 5.73. The number of ether oxygens (including phenoxy) is 1. The van der Waals surface area contributed by atoms with Crippen LogP contribution in [-0.4, -0.2) is 31.7 Å². The molecule has 1 amide bonds. The molecule has 0 aliphatic carbocycles. The third-order valence-corrected chi connectivity index (χ3v) is 2.60. The molecule has 0 saturated carbocycles. The van der Waals surface area contributed by atoms with Crippen LogP contribution in [0.3, 0.4) is 0 Å². The summed E-state index contributed by atoms with van der Waals surface area (Å²) < 4.78 is 5.04. The van der Waals surface area contributed by atoms with Crippen molar-refractivity contribution in [3.8, 4) is 0 Å². The van der Waals surface area contributed by atoms with Crippen LogP contribution in [0.15, 0.2) is 30.3 Å². The predicted molar refractivity (Wildman–Crippen MR) is 74.9 cm³/mol. The number of carbonyl (C=O) groups is 1. The van der Waals surface area contributed by atoms with Crippen molar-refractivity contribution in [2.75, 3.05) is 13.7 Å². The minimum Gasteiger partial charge on any atom is -0.380 e. The van der Waals surface area contributed by atoms with Crippen molar-refractivity contribution in [1.29, 1.82) is 0 Å². The summed E-state index contributed by atoms with van der Waals surface area (Å²) in [5, 5.41) is 2.76. The molecule has 1 aromatic rings. The Morgan fingerprint density at radius 2 is 2.00 bits per heavy atom. The minimum atomic E-state index is -0.513. The number of hydrogen-bond donors (Lipinski definition) is 2. The van der Waals surface area contributed by atoms with Crippen molar-refractivity contribution < 1.29 is 9.53 Å². The standard InChI is InChI=1S/C13H20N2O2.ClH/c1-10(17-2)9-15-13(16)12(14)8-11-6-4-3-5-7-11;/h3-7,10,12H,8-9,14H2,1-2H3,(H,15,16);1H. The number of benzene rings is 1. The van der Waals surface area contributed by atoms with E-state index in [0.29, 0.717) is 13.0 Å². The smallest absolute Gasteiger partial charge is 0.237 e. The first kappa shape index (κ1) is 16.9. The Hall–Kier alpha value is -1.10. The number of rotatable bonds is 6. The zero-order chi connectivity index (χ0) is 12.7. The molecule has 0 spiro atoms. The van der Waals surface area contributed by atoms with Gasteiger partial charge in [0.15, 0.2) is 0 Å². The molecule has 2 unspecified atom stereocenters. The van der Waals surface area contributed by atoms with Crippen molar-refractivity contribution >= 4 is 18.3 Å². The molecule has 0 aliphatic rings. The predicted octanol–water partition coefficient (Wildman–Crippen LogP) is 1.13. The number of halogens is 1. The van der Waals surface area contributed by atoms with Gasteiger partial charge in [-0.1, -0.05) is 30.3 Å². The normalized spacial score (nSPS) is 13.3. The van der Waals surface area contributed by atoms with Gasteiger partial charge < -0.3 is 15.8 Å². The summed E-state index contributed by atoms with van der Waals surface area (Å²) in [7, 11) is 1.61. The zero-order valence-corrected chi connectivity index (χ0v) is 11.6. The summed E-state index contributed by atoms with van der Waals surface area (Å²) in [5.41, 5.74) is 6.89. The second-order valence-corrected chi connectivity index (χ2v) is 4.09. The molecule has 0 aliphatic heterocycles. The van der Waals surface area contributed by atoms with Gasteiger partial charge in [-0.05, 0) is 18.9 Å². The summed E-state index contributed by atoms with van der Waals surface area (Å²) in [6.45, 7) is 2.38. The highest BCUT2D eigenvalue weighted by molar-refractivity contribution is 5.85. The first-order valence-corrected chi connectivity index (χ1v) is 5.73. The second-order valence-electron chi connectivity index (χ2n) is 4.09. The zero-order valence-electron chi connectivity index (χ0n) is 10.8. The summed E-state index contributed by atoms with van der Waals surface area (Å²) in [6, 6.07) is 9.23. The van der Waals surface area contributed by atoms with E-state index in [1.54, 1.807) is 7.11 Å². The third-order valence-electron chi connectivity index (χ3n) is 2.60. The van der Waals surface area contributed by atoms with Gasteiger partial charge in [0, 0.05) is 13.7 Å². The lowest BCUT2D eigenvalue weighted by atomic mass is 10.1. The molecular weight excluding hydrogens is 252 g/mol. The fourth-order valence-electron chi connectivity index (χ4n) is 1.42. The molecule has 2 atom stereocenters. The molecule has 1 rings (SSSR count). The number of nitrogens with one attached hydrogen (secondary N) is 1. The molecule has 1 aromatic carbocycles. The molecule has 18 heavy (non-hydrogen) atoms. The number of carbonyl (C=O) groups excluding carboxylic acids is 1. The first-order chi connectivity index (χ1) is 8.13. The van der Waals surface area contributed by atoms with Crippen molar-refractivity contribution in [3.05, 3.63) is 35.9 Å². The van der Waals surface area contributed by atoms with Gasteiger partial charge in [0.05, 0.1) is 12.1 Å². The maximum absolute atomic E-state index is 11.7. The Kier molecular flexibility index (Phi) is 8.37. The van der Waals surface area contributed by atoms with Crippen molar-refractivity contribution in [1.82, 2.24) is 5.32 Å². The Labute approximate surface area is 114 Å². The Morgan fingerprint density at radius 3 is 2.56 bits per heavy atom. The SMILES string of the molecule is COC(C)CNC(=O)C(N)Cc1ccccc1.Cl. The number of hydrogen-bond acceptors (Lipinski definition) is 3. The molecule has 4 nitrogen and oxygen atoms in total. The third kappa shape index (κ3) is 6.00. The maximum Gasteiger partial charge on any atom is 0.237 e. The summed E-state index contributed by atoms with van der Waals surface area (Å²) in [5.74, 6) is -0.141. The van der Waals surface area contributed by atoms with Gasteiger partial charge in [0.25, 0.3) is 0 Å². The fourth-order valence-corrected chi connectivity index (χ4v) is 1.42. The monoisotopic (exact) mass is 272 g/mol. The highest BCUT2D eigenvalue weighted by atomic mass is 35.5. The van der Waals surface area contributed by atoms with E-state index in [1.165, 1.54) is 0 Å². The molecule has 0 heterocycles. The number of methoxy groups -OCH3 is 1. The van der Waals surface area contributed by atoms with E-state index in [-0.39, 0.29) is 24.4 Å². The number of amides is 1. The topological polar surface area (TPSA) is 64.3 Å². The van der Waals surface area contributed by atoms with E-state index in [1.807, 2.05) is 37.3 Å². The van der Waals surface area contributed by atoms with Crippen LogP contribution in [-0.2, 0) is 16.0 Å². The summed E-state index contributed by atoms with van der Waals surface area (Å²) in [6.07, 6.45) is 0.552. The molecule has 102 valence electrons. The van der Waals surface area contributed by atoms with Crippen LogP contribution in [0.1, 0.15) is 12.5 Å². The van der Waals surface area contributed by atoms with Gasteiger partial charge in [-0.2, -0.15) is 0 Å². The average molecular weight is 273 g/mol. The van der Waals surface area contributed by atoms with Gasteiger partial charge >= 0.3 is 0 Å². The lowest BCUT2D eigenvalue weighted by molar-refractivity contribution is -0.122. The van der Waals surface area contributed by atoms with Crippen LogP contribution in [0.5, 0.6) is 0 Å². The van der Waals surface area contributed by atoms with Crippen LogP contribution in [0.4, 0.5) is 0 Å². The molecule has 0 bridgehead atoms. The lowest BCUT2D eigenvalue weighted by Gasteiger charge is -2.14. The van der Waals surface area contributed by atoms with Crippen molar-refractivity contribution in [2.45, 2.75) is 25.5 Å². The highest BCUT2D eigenvalue weighted by Crippen LogP contribution is 2.01. The molecular formula is C13H21ClN2O2. The van der Waals surface area contributed by atoms with Crippen LogP contribution in [0, 0.1) is 0 Å². The largest absolute Gasteiger partial charge is 0.380 e. The van der Waals surface area contributed by atoms with E-state index < -0.39 is 6.04 Å². The Balaban J connectivity index is 0.00000289. The van der Waals surface area contributed by atoms with Gasteiger partial charge in [-0.25, -0.2) is 0 Å². The lowest BCUT2D eigenvalue weighted by Crippen LogP contribution is -2.44. The van der Waals surface area contributed by atoms with Crippen molar-refractivity contribution in [3.63, 3.8) is 0 Å². The van der Waals surface area contributed by atoms with E-state index in [4.69, 9.17) is 10.5 Å². The van der Waals surface area contributed by atoms with E-state index in [9.17, 15) is 4.79 Å². The van der Waals surface area contributed by atoms with Gasteiger partial charge in [0.1, 0.15) is 0 Å². The molecule has 0 aromatic heterocycles. The van der Waals surface area contributed by atoms with Gasteiger partial charge in [-0.15, -0.1) is 12.4 Å². The Morgan fingerprint density at radius 1 is 1.39 bits per heavy atom. The quantitative estimate of drug-likeness (QED) is 0.816. The highest BCUT2D eigenvalue weighted by Gasteiger charge is 2.14. The van der Waals surface area contributed by atoms with Crippen molar-refractivity contribution in [2.24, 2.45) is 5.73 Å². The molecule has 0 saturated heterocycles. The van der Waals surface area contributed by atoms with Crippen LogP contribution in [0.2, 0.25) is 0 Å². The molecule has 0 radical (unpaired) electrons. The average Bonchev–Trinajstić information content (AvgIpc) is 2.36. The minimum absolute atomic E-state index is 0. The van der Waals surface area contributed by atoms with E-state index in [0.717, 1.165) is 5.56 Å². The number of nitrogens with two attached hydrogens (primary N) is 1. The molecule has 0 fully saturated rings. The van der Waals surface area contributed by atoms with Gasteiger partial charge in [0.2, 0.25) is 5.91 Å². The van der Waals surface area contributed by atoms with Crippen LogP contribution >= 0.6 is 12.4 Å². The maximum atomic E-state index is 11.7. The second kappa shape index (κ2) is 8.91. The summed E-state index contributed by atoms with van der Waals surface area (Å²) in [4.78, 5) is 11.7. The van der Waals surface area contributed by atoms with Crippen LogP contribution < -0.4 is 11.1 Å². The van der Waals surface area contributed by atoms with Crippen LogP contribution in [0.25, 0.3) is 0 Å².